The molecule has 0 fully saturated rings. The Morgan fingerprint density at radius 1 is 0.400 bits per heavy atom. The maximum Gasteiger partial charge on any atom is 3.00 e. The van der Waals surface area contributed by atoms with Gasteiger partial charge in [0.2, 0.25) is 0 Å². The minimum absolute atomic E-state index is 0. The predicted molar refractivity (Wildman–Crippen MR) is 2.06 cm³/mol. The third-order valence-electron chi connectivity index (χ3n) is 0. The fourth-order valence-electron chi connectivity index (χ4n) is 0. The largest absolute Gasteiger partial charge is 3.00 e. The van der Waals surface area contributed by atoms with Crippen LogP contribution < -0.4 is 0 Å². The molecule has 0 aromatic carbocycles. The molecule has 5 heavy (non-hydrogen) atoms. The van der Waals surface area contributed by atoms with Crippen molar-refractivity contribution in [3.05, 3.63) is 0 Å². The summed E-state index contributed by atoms with van der Waals surface area (Å²) in [5.74, 6) is 0. The SMILES string of the molecule is [Eu+3].[Eu+3].[O-2].[O-2].[O-2]. The number of hydrogen-bond acceptors (Lipinski definition) is 0. The first-order chi connectivity index (χ1) is 0. The van der Waals surface area contributed by atoms with E-state index in [9.17, 15) is 0 Å². The van der Waals surface area contributed by atoms with Crippen molar-refractivity contribution in [1.29, 1.82) is 0 Å². The maximum absolute atomic E-state index is 0. The minimum Gasteiger partial charge on any atom is -2.00 e. The van der Waals surface area contributed by atoms with Crippen LogP contribution >= 0.6 is 0 Å². The molecule has 0 rings (SSSR count). The molecule has 0 unspecified atom stereocenters. The van der Waals surface area contributed by atoms with E-state index in [1.165, 1.54) is 0 Å². The van der Waals surface area contributed by atoms with E-state index >= 15 is 0 Å². The van der Waals surface area contributed by atoms with Crippen LogP contribution in [-0.4, -0.2) is 0 Å². The third kappa shape index (κ3) is 19.3. The van der Waals surface area contributed by atoms with Crippen LogP contribution in [0.5, 0.6) is 0 Å². The summed E-state index contributed by atoms with van der Waals surface area (Å²) in [7, 11) is 0. The number of hydrogen-bond donors (Lipinski definition) is 0. The van der Waals surface area contributed by atoms with Crippen LogP contribution in [0.1, 0.15) is 0 Å². The Balaban J connectivity index is 0. The maximum atomic E-state index is 0. The molecule has 5 heteroatoms. The Bertz CT molecular complexity index is 4.85. The predicted octanol–water partition coefficient (Wildman–Crippen LogP) is -0.356. The Morgan fingerprint density at radius 3 is 0.400 bits per heavy atom. The molecule has 0 aliphatic rings. The van der Waals surface area contributed by atoms with Gasteiger partial charge in [-0.15, -0.1) is 0 Å². The van der Waals surface area contributed by atoms with Gasteiger partial charge in [0.25, 0.3) is 0 Å². The summed E-state index contributed by atoms with van der Waals surface area (Å²) in [5, 5.41) is 0. The van der Waals surface area contributed by atoms with Crippen molar-refractivity contribution in [2.24, 2.45) is 0 Å². The van der Waals surface area contributed by atoms with Crippen molar-refractivity contribution in [3.8, 4) is 0 Å². The molecule has 0 spiro atoms. The van der Waals surface area contributed by atoms with Gasteiger partial charge in [-0.05, 0) is 0 Å². The summed E-state index contributed by atoms with van der Waals surface area (Å²) in [4.78, 5) is 0. The minimum atomic E-state index is 0. The zero-order valence-corrected chi connectivity index (χ0v) is 6.83. The summed E-state index contributed by atoms with van der Waals surface area (Å²) in [6.45, 7) is 0. The van der Waals surface area contributed by atoms with Crippen LogP contribution in [0.3, 0.4) is 0 Å². The van der Waals surface area contributed by atoms with Crippen molar-refractivity contribution in [2.45, 2.75) is 0 Å². The van der Waals surface area contributed by atoms with Crippen LogP contribution in [0.15, 0.2) is 0 Å². The molecule has 0 bridgehead atoms. The van der Waals surface area contributed by atoms with Gasteiger partial charge >= 0.3 is 98.8 Å². The smallest absolute Gasteiger partial charge is 2.00 e. The molecule has 0 aliphatic carbocycles. The Hall–Kier alpha value is 3.05. The molecule has 0 radical (unpaired) electrons. The molecule has 0 atom stereocenters. The summed E-state index contributed by atoms with van der Waals surface area (Å²) < 4.78 is 0. The van der Waals surface area contributed by atoms with Crippen LogP contribution in [0.2, 0.25) is 0 Å². The first-order valence-electron chi connectivity index (χ1n) is 0. The van der Waals surface area contributed by atoms with Crippen molar-refractivity contribution in [1.82, 2.24) is 0 Å². The Labute approximate surface area is 112 Å². The quantitative estimate of drug-likeness (QED) is 0.571. The number of rotatable bonds is 0. The summed E-state index contributed by atoms with van der Waals surface area (Å²) in [6.07, 6.45) is 0. The Morgan fingerprint density at radius 2 is 0.400 bits per heavy atom. The van der Waals surface area contributed by atoms with Gasteiger partial charge in [-0.1, -0.05) is 0 Å². The second-order valence-corrected chi connectivity index (χ2v) is 0. The molecule has 0 amide bonds. The van der Waals surface area contributed by atoms with Gasteiger partial charge in [-0.3, -0.25) is 0 Å². The molecule has 0 saturated carbocycles. The second kappa shape index (κ2) is 27.7. The van der Waals surface area contributed by atoms with Crippen molar-refractivity contribution in [2.75, 3.05) is 0 Å². The van der Waals surface area contributed by atoms with E-state index in [1.807, 2.05) is 0 Å². The second-order valence-electron chi connectivity index (χ2n) is 0. The monoisotopic (exact) mass is 354 g/mol. The zero-order chi connectivity index (χ0) is 0. The molecule has 0 aliphatic heterocycles. The average molecular weight is 352 g/mol. The van der Waals surface area contributed by atoms with Gasteiger partial charge < -0.3 is 16.4 Å². The van der Waals surface area contributed by atoms with Gasteiger partial charge in [-0.25, -0.2) is 0 Å². The van der Waals surface area contributed by atoms with E-state index in [4.69, 9.17) is 0 Å². The molecule has 32 valence electrons. The first-order valence-corrected chi connectivity index (χ1v) is 0. The Kier molecular flexibility index (Phi) is 239. The van der Waals surface area contributed by atoms with E-state index < -0.39 is 0 Å². The summed E-state index contributed by atoms with van der Waals surface area (Å²) in [6, 6.07) is 0. The summed E-state index contributed by atoms with van der Waals surface area (Å²) in [5.41, 5.74) is 0. The standard InChI is InChI=1S/2Eu.3O/q2*+3;3*-2. The molecule has 0 aromatic heterocycles. The summed E-state index contributed by atoms with van der Waals surface area (Å²) >= 11 is 0. The normalized spacial score (nSPS) is 0. The van der Waals surface area contributed by atoms with Gasteiger partial charge in [0.1, 0.15) is 0 Å². The molecular formula is Eu2O3. The fraction of sp³-hybridized carbons (Fsp3) is 0. The van der Waals surface area contributed by atoms with Crippen LogP contribution in [0, 0.1) is 98.8 Å². The molecular weight excluding hydrogens is 352 g/mol. The van der Waals surface area contributed by atoms with Crippen molar-refractivity contribution in [3.63, 3.8) is 0 Å². The average Bonchev–Trinajstić information content (AvgIpc) is 0. The zero-order valence-electron chi connectivity index (χ0n) is 1.98. The van der Waals surface area contributed by atoms with Crippen LogP contribution in [-0.2, 0) is 16.4 Å². The van der Waals surface area contributed by atoms with E-state index in [0.29, 0.717) is 0 Å². The molecule has 0 N–H and O–H groups in total. The van der Waals surface area contributed by atoms with E-state index in [2.05, 4.69) is 0 Å². The third-order valence-corrected chi connectivity index (χ3v) is 0. The fourth-order valence-corrected chi connectivity index (χ4v) is 0. The first kappa shape index (κ1) is 43.0. The van der Waals surface area contributed by atoms with Gasteiger partial charge in [0, 0.05) is 0 Å². The molecule has 3 nitrogen and oxygen atoms in total. The molecule has 0 aromatic rings. The molecule has 0 heterocycles. The van der Waals surface area contributed by atoms with Gasteiger partial charge in [0.05, 0.1) is 0 Å². The van der Waals surface area contributed by atoms with E-state index in [-0.39, 0.29) is 115 Å². The van der Waals surface area contributed by atoms with E-state index in [0.717, 1.165) is 0 Å². The van der Waals surface area contributed by atoms with Gasteiger partial charge in [0.15, 0.2) is 0 Å². The van der Waals surface area contributed by atoms with Crippen LogP contribution in [0.4, 0.5) is 0 Å². The van der Waals surface area contributed by atoms with Crippen LogP contribution in [0.25, 0.3) is 0 Å². The van der Waals surface area contributed by atoms with E-state index in [1.54, 1.807) is 0 Å². The van der Waals surface area contributed by atoms with Crippen molar-refractivity contribution >= 4 is 0 Å². The molecule has 0 saturated heterocycles. The van der Waals surface area contributed by atoms with Gasteiger partial charge in [-0.2, -0.15) is 0 Å². The topological polar surface area (TPSA) is 85.5 Å². The van der Waals surface area contributed by atoms with Crippen molar-refractivity contribution < 1.29 is 115 Å².